The third kappa shape index (κ3) is 2.77. The number of aromatic nitrogens is 1. The molecule has 0 bridgehead atoms. The molecule has 0 aromatic carbocycles. The Balaban J connectivity index is 2.79. The molecule has 74 valence electrons. The summed E-state index contributed by atoms with van der Waals surface area (Å²) in [7, 11) is -3.12. The molecular weight excluding hydrogens is 206 g/mol. The van der Waals surface area contributed by atoms with E-state index in [2.05, 4.69) is 4.98 Å². The first kappa shape index (κ1) is 10.7. The molecule has 0 saturated heterocycles. The van der Waals surface area contributed by atoms with Gasteiger partial charge in [0, 0.05) is 11.6 Å². The van der Waals surface area contributed by atoms with Crippen LogP contribution in [0.15, 0.2) is 15.9 Å². The molecule has 1 aromatic heterocycles. The Kier molecular flexibility index (Phi) is 3.44. The summed E-state index contributed by atoms with van der Waals surface area (Å²) in [6.45, 7) is 3.92. The molecule has 0 spiro atoms. The Morgan fingerprint density at radius 1 is 1.62 bits per heavy atom. The van der Waals surface area contributed by atoms with Gasteiger partial charge in [-0.3, -0.25) is 0 Å². The molecule has 0 unspecified atom stereocenters. The zero-order valence-corrected chi connectivity index (χ0v) is 9.36. The van der Waals surface area contributed by atoms with Crippen molar-refractivity contribution >= 4 is 21.2 Å². The van der Waals surface area contributed by atoms with Crippen molar-refractivity contribution in [2.45, 2.75) is 24.6 Å². The molecule has 1 aromatic rings. The summed E-state index contributed by atoms with van der Waals surface area (Å²) < 4.78 is 23.5. The van der Waals surface area contributed by atoms with Gasteiger partial charge in [-0.15, -0.1) is 11.3 Å². The Labute approximate surface area is 82.7 Å². The number of hydrogen-bond donors (Lipinski definition) is 0. The zero-order chi connectivity index (χ0) is 9.90. The lowest BCUT2D eigenvalue weighted by atomic mass is 10.2. The Morgan fingerprint density at radius 3 is 2.77 bits per heavy atom. The van der Waals surface area contributed by atoms with Gasteiger partial charge in [-0.1, -0.05) is 20.3 Å². The molecule has 0 amide bonds. The van der Waals surface area contributed by atoms with Gasteiger partial charge in [0.1, 0.15) is 0 Å². The van der Waals surface area contributed by atoms with Crippen LogP contribution in [-0.4, -0.2) is 19.2 Å². The third-order valence-electron chi connectivity index (χ3n) is 1.88. The predicted octanol–water partition coefficient (Wildman–Crippen LogP) is 1.96. The monoisotopic (exact) mass is 219 g/mol. The van der Waals surface area contributed by atoms with Crippen LogP contribution in [0.2, 0.25) is 0 Å². The molecular formula is C8H13NO2S2. The molecule has 0 aliphatic rings. The topological polar surface area (TPSA) is 47.0 Å². The van der Waals surface area contributed by atoms with Crippen molar-refractivity contribution in [2.75, 3.05) is 5.75 Å². The number of rotatable bonds is 4. The summed E-state index contributed by atoms with van der Waals surface area (Å²) in [5, 5.41) is 1.68. The van der Waals surface area contributed by atoms with Crippen LogP contribution in [0.25, 0.3) is 0 Å². The van der Waals surface area contributed by atoms with Crippen molar-refractivity contribution in [2.24, 2.45) is 5.92 Å². The van der Waals surface area contributed by atoms with Crippen molar-refractivity contribution in [3.05, 3.63) is 11.6 Å². The van der Waals surface area contributed by atoms with Gasteiger partial charge in [-0.25, -0.2) is 13.4 Å². The van der Waals surface area contributed by atoms with E-state index in [1.54, 1.807) is 5.38 Å². The van der Waals surface area contributed by atoms with E-state index in [0.717, 1.165) is 6.42 Å². The minimum Gasteiger partial charge on any atom is -0.234 e. The Bertz CT molecular complexity index is 342. The molecule has 13 heavy (non-hydrogen) atoms. The molecule has 0 saturated carbocycles. The van der Waals surface area contributed by atoms with Gasteiger partial charge in [0.25, 0.3) is 0 Å². The van der Waals surface area contributed by atoms with Crippen LogP contribution in [0.3, 0.4) is 0 Å². The number of thiazole rings is 1. The van der Waals surface area contributed by atoms with Gasteiger partial charge in [-0.05, 0) is 5.92 Å². The average molecular weight is 219 g/mol. The maximum Gasteiger partial charge on any atom is 0.209 e. The van der Waals surface area contributed by atoms with Crippen LogP contribution < -0.4 is 0 Å². The zero-order valence-electron chi connectivity index (χ0n) is 7.73. The summed E-state index contributed by atoms with van der Waals surface area (Å²) in [5.41, 5.74) is 0. The van der Waals surface area contributed by atoms with Crippen molar-refractivity contribution in [3.63, 3.8) is 0 Å². The fourth-order valence-electron chi connectivity index (χ4n) is 0.928. The van der Waals surface area contributed by atoms with Gasteiger partial charge >= 0.3 is 0 Å². The molecule has 0 aliphatic heterocycles. The fraction of sp³-hybridized carbons (Fsp3) is 0.625. The maximum absolute atomic E-state index is 11.6. The largest absolute Gasteiger partial charge is 0.234 e. The van der Waals surface area contributed by atoms with E-state index in [4.69, 9.17) is 0 Å². The van der Waals surface area contributed by atoms with E-state index in [0.29, 0.717) is 0 Å². The minimum absolute atomic E-state index is 0.203. The quantitative estimate of drug-likeness (QED) is 0.777. The van der Waals surface area contributed by atoms with Crippen LogP contribution in [0.5, 0.6) is 0 Å². The molecule has 1 atom stereocenters. The standard InChI is InChI=1S/C8H13NO2S2/c1-3-7(2)6-13(10,11)8-9-4-5-12-8/h4-5,7H,3,6H2,1-2H3/t7-/m0/s1. The Hall–Kier alpha value is -0.420. The number of nitrogens with zero attached hydrogens (tertiary/aromatic N) is 1. The number of hydrogen-bond acceptors (Lipinski definition) is 4. The van der Waals surface area contributed by atoms with Crippen molar-refractivity contribution in [1.29, 1.82) is 0 Å². The second-order valence-corrected chi connectivity index (χ2v) is 6.20. The third-order valence-corrected chi connectivity index (χ3v) is 5.14. The van der Waals surface area contributed by atoms with Gasteiger partial charge < -0.3 is 0 Å². The van der Waals surface area contributed by atoms with Gasteiger partial charge in [-0.2, -0.15) is 0 Å². The molecule has 5 heteroatoms. The van der Waals surface area contributed by atoms with E-state index < -0.39 is 9.84 Å². The lowest BCUT2D eigenvalue weighted by molar-refractivity contribution is 0.563. The summed E-state index contributed by atoms with van der Waals surface area (Å²) in [6.07, 6.45) is 2.40. The fourth-order valence-corrected chi connectivity index (χ4v) is 3.59. The van der Waals surface area contributed by atoms with Gasteiger partial charge in [0.2, 0.25) is 14.2 Å². The highest BCUT2D eigenvalue weighted by atomic mass is 32.2. The molecule has 1 heterocycles. The Morgan fingerprint density at radius 2 is 2.31 bits per heavy atom. The SMILES string of the molecule is CC[C@H](C)CS(=O)(=O)c1nccs1. The van der Waals surface area contributed by atoms with Crippen LogP contribution in [-0.2, 0) is 9.84 Å². The first-order valence-corrected chi connectivity index (χ1v) is 6.71. The van der Waals surface area contributed by atoms with E-state index in [1.807, 2.05) is 13.8 Å². The second kappa shape index (κ2) is 4.19. The second-order valence-electron chi connectivity index (χ2n) is 3.09. The summed E-state index contributed by atoms with van der Waals surface area (Å²) in [4.78, 5) is 3.81. The van der Waals surface area contributed by atoms with Crippen molar-refractivity contribution < 1.29 is 8.42 Å². The van der Waals surface area contributed by atoms with Crippen LogP contribution >= 0.6 is 11.3 Å². The molecule has 1 rings (SSSR count). The molecule has 0 radical (unpaired) electrons. The summed E-state index contributed by atoms with van der Waals surface area (Å²) in [6, 6.07) is 0. The van der Waals surface area contributed by atoms with E-state index >= 15 is 0 Å². The van der Waals surface area contributed by atoms with Crippen LogP contribution in [0, 0.1) is 5.92 Å². The van der Waals surface area contributed by atoms with Crippen LogP contribution in [0.1, 0.15) is 20.3 Å². The smallest absolute Gasteiger partial charge is 0.209 e. The first-order valence-electron chi connectivity index (χ1n) is 4.18. The van der Waals surface area contributed by atoms with E-state index in [-0.39, 0.29) is 16.0 Å². The molecule has 3 nitrogen and oxygen atoms in total. The van der Waals surface area contributed by atoms with Crippen molar-refractivity contribution in [3.8, 4) is 0 Å². The molecule has 0 fully saturated rings. The summed E-state index contributed by atoms with van der Waals surface area (Å²) >= 11 is 1.18. The first-order chi connectivity index (χ1) is 6.06. The van der Waals surface area contributed by atoms with Crippen molar-refractivity contribution in [1.82, 2.24) is 4.98 Å². The average Bonchev–Trinajstić information content (AvgIpc) is 2.55. The van der Waals surface area contributed by atoms with Gasteiger partial charge in [0.15, 0.2) is 0 Å². The maximum atomic E-state index is 11.6. The van der Waals surface area contributed by atoms with Crippen LogP contribution in [0.4, 0.5) is 0 Å². The van der Waals surface area contributed by atoms with E-state index in [1.165, 1.54) is 17.5 Å². The normalized spacial score (nSPS) is 14.3. The lowest BCUT2D eigenvalue weighted by Gasteiger charge is -2.06. The highest BCUT2D eigenvalue weighted by Gasteiger charge is 2.19. The molecule has 0 N–H and O–H groups in total. The lowest BCUT2D eigenvalue weighted by Crippen LogP contribution is -2.13. The summed E-state index contributed by atoms with van der Waals surface area (Å²) in [5.74, 6) is 0.408. The van der Waals surface area contributed by atoms with Gasteiger partial charge in [0.05, 0.1) is 5.75 Å². The number of sulfone groups is 1. The highest BCUT2D eigenvalue weighted by molar-refractivity contribution is 7.93. The van der Waals surface area contributed by atoms with E-state index in [9.17, 15) is 8.42 Å². The highest BCUT2D eigenvalue weighted by Crippen LogP contribution is 2.17. The predicted molar refractivity (Wildman–Crippen MR) is 53.6 cm³/mol. The minimum atomic E-state index is -3.12. The molecule has 0 aliphatic carbocycles.